The van der Waals surface area contributed by atoms with Crippen LogP contribution in [0.15, 0.2) is 60.8 Å². The fourth-order valence-electron chi connectivity index (χ4n) is 2.21. The van der Waals surface area contributed by atoms with E-state index < -0.39 is 0 Å². The number of nitriles is 1. The molecule has 0 aliphatic carbocycles. The molecular formula is C17H13N5O. The number of aromatic nitrogens is 3. The summed E-state index contributed by atoms with van der Waals surface area (Å²) in [5.41, 5.74) is 2.43. The van der Waals surface area contributed by atoms with Gasteiger partial charge >= 0.3 is 0 Å². The summed E-state index contributed by atoms with van der Waals surface area (Å²) in [6, 6.07) is 18.4. The molecule has 3 aromatic rings. The van der Waals surface area contributed by atoms with Crippen molar-refractivity contribution in [2.45, 2.75) is 6.42 Å². The van der Waals surface area contributed by atoms with Crippen molar-refractivity contribution in [3.63, 3.8) is 0 Å². The summed E-state index contributed by atoms with van der Waals surface area (Å²) in [6.07, 6.45) is 1.67. The maximum Gasteiger partial charge on any atom is 0.230 e. The van der Waals surface area contributed by atoms with Gasteiger partial charge in [0.1, 0.15) is 6.07 Å². The molecule has 6 heteroatoms. The SMILES string of the molecule is N#Cc1ccccc1NC(=O)Cc1cnnn1-c1ccccc1. The summed E-state index contributed by atoms with van der Waals surface area (Å²) in [5.74, 6) is -0.229. The van der Waals surface area contributed by atoms with E-state index in [0.29, 0.717) is 16.9 Å². The molecule has 112 valence electrons. The number of carbonyl (C=O) groups is 1. The number of hydrogen-bond donors (Lipinski definition) is 1. The molecule has 6 nitrogen and oxygen atoms in total. The molecule has 1 amide bonds. The van der Waals surface area contributed by atoms with Crippen molar-refractivity contribution in [3.05, 3.63) is 72.1 Å². The van der Waals surface area contributed by atoms with Crippen LogP contribution in [0.1, 0.15) is 11.3 Å². The van der Waals surface area contributed by atoms with Crippen LogP contribution in [-0.4, -0.2) is 20.9 Å². The molecule has 1 N–H and O–H groups in total. The summed E-state index contributed by atoms with van der Waals surface area (Å²) in [6.45, 7) is 0. The van der Waals surface area contributed by atoms with Crippen LogP contribution in [-0.2, 0) is 11.2 Å². The van der Waals surface area contributed by atoms with Gasteiger partial charge in [-0.3, -0.25) is 4.79 Å². The Labute approximate surface area is 133 Å². The summed E-state index contributed by atoms with van der Waals surface area (Å²) >= 11 is 0. The molecule has 1 aromatic heterocycles. The van der Waals surface area contributed by atoms with Gasteiger partial charge in [0.25, 0.3) is 0 Å². The standard InChI is InChI=1S/C17H13N5O/c18-11-13-6-4-5-9-16(13)20-17(23)10-15-12-19-21-22(15)14-7-2-1-3-8-14/h1-9,12H,10H2,(H,20,23). The zero-order valence-corrected chi connectivity index (χ0v) is 12.2. The number of para-hydroxylation sites is 2. The second kappa shape index (κ2) is 6.54. The molecule has 0 aliphatic rings. The van der Waals surface area contributed by atoms with Crippen LogP contribution in [0.2, 0.25) is 0 Å². The molecule has 0 unspecified atom stereocenters. The zero-order valence-electron chi connectivity index (χ0n) is 12.2. The maximum absolute atomic E-state index is 12.2. The van der Waals surface area contributed by atoms with Crippen molar-refractivity contribution in [2.24, 2.45) is 0 Å². The van der Waals surface area contributed by atoms with Gasteiger partial charge in [0.15, 0.2) is 0 Å². The highest BCUT2D eigenvalue weighted by Gasteiger charge is 2.12. The predicted octanol–water partition coefficient (Wildman–Crippen LogP) is 2.32. The Kier molecular flexibility index (Phi) is 4.11. The third-order valence-corrected chi connectivity index (χ3v) is 3.28. The van der Waals surface area contributed by atoms with Gasteiger partial charge in [-0.2, -0.15) is 5.26 Å². The number of benzene rings is 2. The third kappa shape index (κ3) is 3.24. The predicted molar refractivity (Wildman–Crippen MR) is 84.8 cm³/mol. The van der Waals surface area contributed by atoms with Crippen LogP contribution in [0, 0.1) is 11.3 Å². The van der Waals surface area contributed by atoms with Crippen molar-refractivity contribution in [2.75, 3.05) is 5.32 Å². The van der Waals surface area contributed by atoms with E-state index in [1.54, 1.807) is 35.1 Å². The molecule has 3 rings (SSSR count). The summed E-state index contributed by atoms with van der Waals surface area (Å²) in [7, 11) is 0. The zero-order chi connectivity index (χ0) is 16.1. The normalized spacial score (nSPS) is 10.0. The molecule has 0 bridgehead atoms. The second-order valence-corrected chi connectivity index (χ2v) is 4.86. The van der Waals surface area contributed by atoms with E-state index in [9.17, 15) is 4.79 Å². The van der Waals surface area contributed by atoms with Gasteiger partial charge in [-0.15, -0.1) is 5.10 Å². The number of nitrogens with zero attached hydrogens (tertiary/aromatic N) is 4. The lowest BCUT2D eigenvalue weighted by Crippen LogP contribution is -2.17. The summed E-state index contributed by atoms with van der Waals surface area (Å²) < 4.78 is 1.62. The van der Waals surface area contributed by atoms with Gasteiger partial charge in [-0.25, -0.2) is 4.68 Å². The van der Waals surface area contributed by atoms with Gasteiger partial charge in [0.05, 0.1) is 35.2 Å². The van der Waals surface area contributed by atoms with Gasteiger partial charge in [0, 0.05) is 0 Å². The summed E-state index contributed by atoms with van der Waals surface area (Å²) in [5, 5.41) is 19.7. The van der Waals surface area contributed by atoms with Crippen LogP contribution >= 0.6 is 0 Å². The highest BCUT2D eigenvalue weighted by molar-refractivity contribution is 5.93. The largest absolute Gasteiger partial charge is 0.325 e. The van der Waals surface area contributed by atoms with Crippen molar-refractivity contribution in [3.8, 4) is 11.8 Å². The van der Waals surface area contributed by atoms with Crippen LogP contribution in [0.3, 0.4) is 0 Å². The van der Waals surface area contributed by atoms with Crippen molar-refractivity contribution in [1.82, 2.24) is 15.0 Å². The molecule has 0 saturated carbocycles. The Hall–Kier alpha value is -3.46. The van der Waals surface area contributed by atoms with Crippen LogP contribution in [0.4, 0.5) is 5.69 Å². The summed E-state index contributed by atoms with van der Waals surface area (Å²) in [4.78, 5) is 12.2. The Morgan fingerprint density at radius 1 is 1.13 bits per heavy atom. The monoisotopic (exact) mass is 303 g/mol. The first-order valence-electron chi connectivity index (χ1n) is 7.02. The van der Waals surface area contributed by atoms with E-state index in [0.717, 1.165) is 5.69 Å². The molecule has 0 fully saturated rings. The Balaban J connectivity index is 1.77. The van der Waals surface area contributed by atoms with E-state index in [2.05, 4.69) is 21.7 Å². The van der Waals surface area contributed by atoms with Gasteiger partial charge in [0.2, 0.25) is 5.91 Å². The van der Waals surface area contributed by atoms with Crippen LogP contribution in [0.5, 0.6) is 0 Å². The smallest absolute Gasteiger partial charge is 0.230 e. The van der Waals surface area contributed by atoms with E-state index in [1.165, 1.54) is 0 Å². The molecular weight excluding hydrogens is 290 g/mol. The number of rotatable bonds is 4. The van der Waals surface area contributed by atoms with Crippen molar-refractivity contribution in [1.29, 1.82) is 5.26 Å². The third-order valence-electron chi connectivity index (χ3n) is 3.28. The topological polar surface area (TPSA) is 83.6 Å². The lowest BCUT2D eigenvalue weighted by atomic mass is 10.2. The van der Waals surface area contributed by atoms with E-state index in [1.807, 2.05) is 30.3 Å². The van der Waals surface area contributed by atoms with Gasteiger partial charge in [-0.05, 0) is 24.3 Å². The molecule has 0 spiro atoms. The molecule has 2 aromatic carbocycles. The number of anilines is 1. The van der Waals surface area contributed by atoms with Crippen molar-refractivity contribution < 1.29 is 4.79 Å². The highest BCUT2D eigenvalue weighted by Crippen LogP contribution is 2.15. The minimum atomic E-state index is -0.229. The number of carbonyl (C=O) groups excluding carboxylic acids is 1. The fraction of sp³-hybridized carbons (Fsp3) is 0.0588. The number of amides is 1. The maximum atomic E-state index is 12.2. The first-order chi connectivity index (χ1) is 11.3. The molecule has 23 heavy (non-hydrogen) atoms. The molecule has 0 saturated heterocycles. The average Bonchev–Trinajstić information content (AvgIpc) is 3.04. The molecule has 1 heterocycles. The minimum absolute atomic E-state index is 0.113. The quantitative estimate of drug-likeness (QED) is 0.801. The molecule has 0 radical (unpaired) electrons. The Morgan fingerprint density at radius 2 is 1.87 bits per heavy atom. The van der Waals surface area contributed by atoms with Gasteiger partial charge in [-0.1, -0.05) is 35.5 Å². The van der Waals surface area contributed by atoms with Gasteiger partial charge < -0.3 is 5.32 Å². The molecule has 0 atom stereocenters. The lowest BCUT2D eigenvalue weighted by molar-refractivity contribution is -0.115. The van der Waals surface area contributed by atoms with Crippen LogP contribution < -0.4 is 5.32 Å². The van der Waals surface area contributed by atoms with Crippen molar-refractivity contribution >= 4 is 11.6 Å². The molecule has 0 aliphatic heterocycles. The first kappa shape index (κ1) is 14.5. The van der Waals surface area contributed by atoms with E-state index in [4.69, 9.17) is 5.26 Å². The Morgan fingerprint density at radius 3 is 2.65 bits per heavy atom. The fourth-order valence-corrected chi connectivity index (χ4v) is 2.21. The lowest BCUT2D eigenvalue weighted by Gasteiger charge is -2.08. The second-order valence-electron chi connectivity index (χ2n) is 4.86. The number of nitrogens with one attached hydrogen (secondary N) is 1. The average molecular weight is 303 g/mol. The van der Waals surface area contributed by atoms with E-state index in [-0.39, 0.29) is 12.3 Å². The highest BCUT2D eigenvalue weighted by atomic mass is 16.1. The minimum Gasteiger partial charge on any atom is -0.325 e. The van der Waals surface area contributed by atoms with E-state index >= 15 is 0 Å². The van der Waals surface area contributed by atoms with Crippen LogP contribution in [0.25, 0.3) is 5.69 Å². The Bertz CT molecular complexity index is 864. The first-order valence-corrected chi connectivity index (χ1v) is 7.02. The number of hydrogen-bond acceptors (Lipinski definition) is 4.